The molecule has 1 aromatic rings. The number of nitrogens with zero attached hydrogens (tertiary/aromatic N) is 2. The maximum Gasteiger partial charge on any atom is 0.280 e. The van der Waals surface area contributed by atoms with Crippen molar-refractivity contribution < 1.29 is 8.42 Å². The van der Waals surface area contributed by atoms with Crippen molar-refractivity contribution in [2.45, 2.75) is 70.4 Å². The number of unbranched alkanes of at least 4 members (excludes halogenated alkanes) is 6. The molecule has 0 unspecified atom stereocenters. The number of imidazole rings is 1. The van der Waals surface area contributed by atoms with Crippen molar-refractivity contribution in [2.24, 2.45) is 0 Å². The molecule has 0 bridgehead atoms. The topological polar surface area (TPSA) is 52.0 Å². The van der Waals surface area contributed by atoms with Crippen molar-refractivity contribution in [1.29, 1.82) is 0 Å². The van der Waals surface area contributed by atoms with E-state index >= 15 is 0 Å². The van der Waals surface area contributed by atoms with Crippen LogP contribution in [0.3, 0.4) is 0 Å². The fraction of sp³-hybridized carbons (Fsp3) is 0.769. The zero-order valence-corrected chi connectivity index (χ0v) is 13.3. The van der Waals surface area contributed by atoms with Crippen LogP contribution < -0.4 is 0 Å². The third kappa shape index (κ3) is 5.95. The predicted octanol–water partition coefficient (Wildman–Crippen LogP) is 3.87. The van der Waals surface area contributed by atoms with Gasteiger partial charge in [-0.25, -0.2) is 13.4 Å². The molecule has 0 amide bonds. The minimum atomic E-state index is -3.71. The number of hydrogen-bond acceptors (Lipinski definition) is 3. The highest BCUT2D eigenvalue weighted by Gasteiger charge is 2.15. The van der Waals surface area contributed by atoms with E-state index in [1.165, 1.54) is 44.7 Å². The van der Waals surface area contributed by atoms with E-state index in [4.69, 9.17) is 10.7 Å². The average Bonchev–Trinajstić information content (AvgIpc) is 2.70. The van der Waals surface area contributed by atoms with Crippen LogP contribution in [0.1, 0.15) is 57.7 Å². The Morgan fingerprint density at radius 3 is 2.26 bits per heavy atom. The van der Waals surface area contributed by atoms with Crippen LogP contribution in [0.5, 0.6) is 0 Å². The molecule has 19 heavy (non-hydrogen) atoms. The molecule has 0 aromatic carbocycles. The lowest BCUT2D eigenvalue weighted by molar-refractivity contribution is 0.544. The first kappa shape index (κ1) is 16.5. The molecule has 0 aliphatic heterocycles. The lowest BCUT2D eigenvalue weighted by Crippen LogP contribution is -1.99. The van der Waals surface area contributed by atoms with Crippen LogP contribution in [0.15, 0.2) is 11.2 Å². The normalized spacial score (nSPS) is 11.9. The maximum absolute atomic E-state index is 11.2. The standard InChI is InChI=1S/C13H23ClN2O2S/c1-3-4-5-6-7-8-9-10-16-11-13(15-12(16)2)19(14,17)18/h11H,3-10H2,1-2H3. The van der Waals surface area contributed by atoms with Gasteiger partial charge in [-0.05, 0) is 13.3 Å². The van der Waals surface area contributed by atoms with Gasteiger partial charge in [0.05, 0.1) is 0 Å². The molecule has 0 atom stereocenters. The second-order valence-electron chi connectivity index (χ2n) is 4.88. The lowest BCUT2D eigenvalue weighted by Gasteiger charge is -2.04. The van der Waals surface area contributed by atoms with Gasteiger partial charge in [0, 0.05) is 23.4 Å². The van der Waals surface area contributed by atoms with Crippen molar-refractivity contribution in [3.8, 4) is 0 Å². The Morgan fingerprint density at radius 2 is 1.74 bits per heavy atom. The molecule has 0 saturated heterocycles. The van der Waals surface area contributed by atoms with Gasteiger partial charge in [0.25, 0.3) is 9.05 Å². The molecule has 4 nitrogen and oxygen atoms in total. The SMILES string of the molecule is CCCCCCCCCn1cc(S(=O)(=O)Cl)nc1C. The highest BCUT2D eigenvalue weighted by Crippen LogP contribution is 2.15. The number of rotatable bonds is 9. The first-order valence-electron chi connectivity index (χ1n) is 6.93. The Bertz CT molecular complexity index is 483. The van der Waals surface area contributed by atoms with Crippen molar-refractivity contribution in [3.63, 3.8) is 0 Å². The summed E-state index contributed by atoms with van der Waals surface area (Å²) in [7, 11) is 1.56. The van der Waals surface area contributed by atoms with Gasteiger partial charge in [0.15, 0.2) is 5.03 Å². The summed E-state index contributed by atoms with van der Waals surface area (Å²) in [5.74, 6) is 0.699. The third-order valence-electron chi connectivity index (χ3n) is 3.21. The van der Waals surface area contributed by atoms with Gasteiger partial charge in [-0.15, -0.1) is 0 Å². The Morgan fingerprint density at radius 1 is 1.16 bits per heavy atom. The van der Waals surface area contributed by atoms with E-state index in [2.05, 4.69) is 11.9 Å². The van der Waals surface area contributed by atoms with Crippen LogP contribution in [0.4, 0.5) is 0 Å². The summed E-state index contributed by atoms with van der Waals surface area (Å²) < 4.78 is 24.2. The molecule has 0 N–H and O–H groups in total. The second-order valence-corrected chi connectivity index (χ2v) is 7.39. The van der Waals surface area contributed by atoms with Crippen LogP contribution in [-0.2, 0) is 15.6 Å². The minimum Gasteiger partial charge on any atom is -0.334 e. The number of halogens is 1. The summed E-state index contributed by atoms with van der Waals surface area (Å²) in [6.45, 7) is 4.82. The average molecular weight is 307 g/mol. The van der Waals surface area contributed by atoms with E-state index in [0.29, 0.717) is 5.82 Å². The van der Waals surface area contributed by atoms with Crippen LogP contribution in [0.25, 0.3) is 0 Å². The molecule has 1 rings (SSSR count). The summed E-state index contributed by atoms with van der Waals surface area (Å²) in [6.07, 6.45) is 10.2. The highest BCUT2D eigenvalue weighted by molar-refractivity contribution is 8.13. The molecule has 0 fully saturated rings. The predicted molar refractivity (Wildman–Crippen MR) is 78.0 cm³/mol. The molecule has 0 saturated carbocycles. The largest absolute Gasteiger partial charge is 0.334 e. The van der Waals surface area contributed by atoms with Crippen molar-refractivity contribution in [2.75, 3.05) is 0 Å². The molecular formula is C13H23ClN2O2S. The number of hydrogen-bond donors (Lipinski definition) is 0. The third-order valence-corrected chi connectivity index (χ3v) is 4.38. The van der Waals surface area contributed by atoms with E-state index < -0.39 is 9.05 Å². The van der Waals surface area contributed by atoms with E-state index in [0.717, 1.165) is 13.0 Å². The first-order chi connectivity index (χ1) is 8.95. The number of aryl methyl sites for hydroxylation is 2. The summed E-state index contributed by atoms with van der Waals surface area (Å²) in [4.78, 5) is 3.96. The van der Waals surface area contributed by atoms with Crippen LogP contribution in [0.2, 0.25) is 0 Å². The quantitative estimate of drug-likeness (QED) is 0.514. The van der Waals surface area contributed by atoms with Gasteiger partial charge in [-0.3, -0.25) is 0 Å². The van der Waals surface area contributed by atoms with Crippen molar-refractivity contribution >= 4 is 19.7 Å². The van der Waals surface area contributed by atoms with Crippen LogP contribution in [-0.4, -0.2) is 18.0 Å². The summed E-state index contributed by atoms with van der Waals surface area (Å²) in [6, 6.07) is 0. The molecule has 1 aromatic heterocycles. The Labute approximate surface area is 120 Å². The number of aromatic nitrogens is 2. The fourth-order valence-corrected chi connectivity index (χ4v) is 2.78. The van der Waals surface area contributed by atoms with Gasteiger partial charge in [-0.1, -0.05) is 45.4 Å². The summed E-state index contributed by atoms with van der Waals surface area (Å²) >= 11 is 0. The molecule has 110 valence electrons. The Hall–Kier alpha value is -0.550. The van der Waals surface area contributed by atoms with E-state index in [1.807, 2.05) is 4.57 Å². The minimum absolute atomic E-state index is 0.0467. The van der Waals surface area contributed by atoms with Gasteiger partial charge >= 0.3 is 0 Å². The molecular weight excluding hydrogens is 284 g/mol. The molecule has 6 heteroatoms. The Kier molecular flexibility index (Phi) is 6.86. The smallest absolute Gasteiger partial charge is 0.280 e. The van der Waals surface area contributed by atoms with Crippen LogP contribution >= 0.6 is 10.7 Å². The van der Waals surface area contributed by atoms with Crippen LogP contribution in [0, 0.1) is 6.92 Å². The molecule has 0 spiro atoms. The van der Waals surface area contributed by atoms with Gasteiger partial charge in [0.2, 0.25) is 0 Å². The second kappa shape index (κ2) is 7.90. The van der Waals surface area contributed by atoms with E-state index in [1.54, 1.807) is 6.92 Å². The van der Waals surface area contributed by atoms with Gasteiger partial charge in [0.1, 0.15) is 5.82 Å². The molecule has 0 aliphatic rings. The van der Waals surface area contributed by atoms with Gasteiger partial charge < -0.3 is 4.57 Å². The molecule has 0 aliphatic carbocycles. The van der Waals surface area contributed by atoms with Crippen molar-refractivity contribution in [1.82, 2.24) is 9.55 Å². The highest BCUT2D eigenvalue weighted by atomic mass is 35.7. The Balaban J connectivity index is 2.32. The first-order valence-corrected chi connectivity index (χ1v) is 9.24. The fourth-order valence-electron chi connectivity index (χ4n) is 2.06. The molecule has 1 heterocycles. The van der Waals surface area contributed by atoms with E-state index in [9.17, 15) is 8.42 Å². The summed E-state index contributed by atoms with van der Waals surface area (Å²) in [5, 5.41) is -0.0467. The molecule has 0 radical (unpaired) electrons. The van der Waals surface area contributed by atoms with E-state index in [-0.39, 0.29) is 5.03 Å². The lowest BCUT2D eigenvalue weighted by atomic mass is 10.1. The summed E-state index contributed by atoms with van der Waals surface area (Å²) in [5.41, 5.74) is 0. The zero-order chi connectivity index (χ0) is 14.3. The zero-order valence-electron chi connectivity index (χ0n) is 11.7. The monoisotopic (exact) mass is 306 g/mol. The maximum atomic E-state index is 11.2. The van der Waals surface area contributed by atoms with Gasteiger partial charge in [-0.2, -0.15) is 0 Å². The van der Waals surface area contributed by atoms with Crippen molar-refractivity contribution in [3.05, 3.63) is 12.0 Å².